The predicted octanol–water partition coefficient (Wildman–Crippen LogP) is 5.45. The molecule has 0 saturated heterocycles. The van der Waals surface area contributed by atoms with Gasteiger partial charge in [-0.15, -0.1) is 0 Å². The van der Waals surface area contributed by atoms with Gasteiger partial charge in [-0.25, -0.2) is 4.39 Å². The normalized spacial score (nSPS) is 10.7. The second-order valence-electron chi connectivity index (χ2n) is 7.47. The number of hydrogen-bond acceptors (Lipinski definition) is 2. The standard InChI is InChI=1S/C27H23FN2O2/c28-24-13-15-25(16-14-24)30(27(32)21-8-2-1-3-9-21)18-6-17-29-26(31)23-12-11-20-7-4-5-10-22(20)19-23/h1-5,7-16,19H,6,17-18H2,(H,29,31). The summed E-state index contributed by atoms with van der Waals surface area (Å²) in [5.41, 5.74) is 1.76. The maximum atomic E-state index is 13.4. The Labute approximate surface area is 186 Å². The smallest absolute Gasteiger partial charge is 0.258 e. The highest BCUT2D eigenvalue weighted by molar-refractivity contribution is 6.06. The molecule has 0 aliphatic heterocycles. The van der Waals surface area contributed by atoms with Crippen LogP contribution >= 0.6 is 0 Å². The first kappa shape index (κ1) is 21.2. The van der Waals surface area contributed by atoms with Crippen molar-refractivity contribution in [2.45, 2.75) is 6.42 Å². The molecule has 0 fully saturated rings. The number of amides is 2. The third-order valence-corrected chi connectivity index (χ3v) is 5.26. The second kappa shape index (κ2) is 9.88. The molecule has 1 N–H and O–H groups in total. The number of anilines is 1. The Morgan fingerprint density at radius 3 is 2.19 bits per heavy atom. The van der Waals surface area contributed by atoms with Crippen LogP contribution in [-0.2, 0) is 0 Å². The molecule has 2 amide bonds. The van der Waals surface area contributed by atoms with Crippen LogP contribution < -0.4 is 10.2 Å². The molecule has 160 valence electrons. The Kier molecular flexibility index (Phi) is 6.56. The number of nitrogens with one attached hydrogen (secondary N) is 1. The lowest BCUT2D eigenvalue weighted by Crippen LogP contribution is -2.34. The van der Waals surface area contributed by atoms with Gasteiger partial charge in [0.25, 0.3) is 11.8 Å². The van der Waals surface area contributed by atoms with Gasteiger partial charge < -0.3 is 10.2 Å². The molecular weight excluding hydrogens is 403 g/mol. The van der Waals surface area contributed by atoms with E-state index in [9.17, 15) is 14.0 Å². The van der Waals surface area contributed by atoms with E-state index in [1.165, 1.54) is 12.1 Å². The van der Waals surface area contributed by atoms with Crippen LogP contribution in [0.15, 0.2) is 97.1 Å². The average molecular weight is 426 g/mol. The zero-order chi connectivity index (χ0) is 22.3. The topological polar surface area (TPSA) is 49.4 Å². The van der Waals surface area contributed by atoms with Crippen LogP contribution in [0.1, 0.15) is 27.1 Å². The molecular formula is C27H23FN2O2. The zero-order valence-electron chi connectivity index (χ0n) is 17.5. The van der Waals surface area contributed by atoms with E-state index in [-0.39, 0.29) is 17.6 Å². The van der Waals surface area contributed by atoms with Gasteiger partial charge in [-0.2, -0.15) is 0 Å². The third-order valence-electron chi connectivity index (χ3n) is 5.26. The van der Waals surface area contributed by atoms with Crippen LogP contribution in [0.3, 0.4) is 0 Å². The van der Waals surface area contributed by atoms with Crippen molar-refractivity contribution >= 4 is 28.3 Å². The van der Waals surface area contributed by atoms with Crippen molar-refractivity contribution in [3.05, 3.63) is 114 Å². The summed E-state index contributed by atoms with van der Waals surface area (Å²) in [5, 5.41) is 5.01. The number of fused-ring (bicyclic) bond motifs is 1. The molecule has 4 aromatic carbocycles. The minimum atomic E-state index is -0.358. The van der Waals surface area contributed by atoms with Gasteiger partial charge >= 0.3 is 0 Å². The van der Waals surface area contributed by atoms with E-state index < -0.39 is 0 Å². The Hall–Kier alpha value is -3.99. The monoisotopic (exact) mass is 426 g/mol. The highest BCUT2D eigenvalue weighted by Crippen LogP contribution is 2.19. The minimum Gasteiger partial charge on any atom is -0.352 e. The van der Waals surface area contributed by atoms with Crippen molar-refractivity contribution < 1.29 is 14.0 Å². The summed E-state index contributed by atoms with van der Waals surface area (Å²) in [7, 11) is 0. The van der Waals surface area contributed by atoms with E-state index in [4.69, 9.17) is 0 Å². The lowest BCUT2D eigenvalue weighted by atomic mass is 10.1. The van der Waals surface area contributed by atoms with Crippen LogP contribution in [0.4, 0.5) is 10.1 Å². The van der Waals surface area contributed by atoms with Gasteiger partial charge in [-0.1, -0.05) is 48.5 Å². The summed E-state index contributed by atoms with van der Waals surface area (Å²) in [5.74, 6) is -0.681. The first-order chi connectivity index (χ1) is 15.6. The highest BCUT2D eigenvalue weighted by atomic mass is 19.1. The van der Waals surface area contributed by atoms with Crippen LogP contribution in [-0.4, -0.2) is 24.9 Å². The molecule has 0 unspecified atom stereocenters. The van der Waals surface area contributed by atoms with Crippen LogP contribution in [0.5, 0.6) is 0 Å². The van der Waals surface area contributed by atoms with Crippen LogP contribution in [0.2, 0.25) is 0 Å². The Balaban J connectivity index is 1.40. The highest BCUT2D eigenvalue weighted by Gasteiger charge is 2.17. The molecule has 4 rings (SSSR count). The molecule has 0 aliphatic carbocycles. The zero-order valence-corrected chi connectivity index (χ0v) is 17.5. The lowest BCUT2D eigenvalue weighted by Gasteiger charge is -2.23. The fraction of sp³-hybridized carbons (Fsp3) is 0.111. The number of benzene rings is 4. The third kappa shape index (κ3) is 5.01. The van der Waals surface area contributed by atoms with E-state index in [0.717, 1.165) is 10.8 Å². The van der Waals surface area contributed by atoms with Crippen molar-refractivity contribution in [3.63, 3.8) is 0 Å². The molecule has 0 bridgehead atoms. The summed E-state index contributed by atoms with van der Waals surface area (Å²) in [6, 6.07) is 28.3. The Bertz CT molecular complexity index is 1220. The number of nitrogens with zero attached hydrogens (tertiary/aromatic N) is 1. The summed E-state index contributed by atoms with van der Waals surface area (Å²) in [6.07, 6.45) is 0.551. The second-order valence-corrected chi connectivity index (χ2v) is 7.47. The quantitative estimate of drug-likeness (QED) is 0.400. The molecule has 0 atom stereocenters. The van der Waals surface area contributed by atoms with E-state index in [0.29, 0.717) is 36.3 Å². The minimum absolute atomic E-state index is 0.154. The van der Waals surface area contributed by atoms with E-state index in [1.54, 1.807) is 47.4 Å². The number of carbonyl (C=O) groups excluding carboxylic acids is 2. The van der Waals surface area contributed by atoms with Gasteiger partial charge in [0.05, 0.1) is 0 Å². The van der Waals surface area contributed by atoms with Gasteiger partial charge in [0.1, 0.15) is 5.82 Å². The molecule has 4 aromatic rings. The summed E-state index contributed by atoms with van der Waals surface area (Å²) in [6.45, 7) is 0.794. The van der Waals surface area contributed by atoms with Gasteiger partial charge in [0.15, 0.2) is 0 Å². The van der Waals surface area contributed by atoms with Crippen molar-refractivity contribution in [2.75, 3.05) is 18.0 Å². The van der Waals surface area contributed by atoms with Gasteiger partial charge in [0, 0.05) is 29.9 Å². The van der Waals surface area contributed by atoms with Gasteiger partial charge in [0.2, 0.25) is 0 Å². The number of carbonyl (C=O) groups is 2. The van der Waals surface area contributed by atoms with Crippen molar-refractivity contribution in [3.8, 4) is 0 Å². The number of rotatable bonds is 7. The van der Waals surface area contributed by atoms with Crippen LogP contribution in [0.25, 0.3) is 10.8 Å². The van der Waals surface area contributed by atoms with Crippen molar-refractivity contribution in [1.29, 1.82) is 0 Å². The summed E-state index contributed by atoms with van der Waals surface area (Å²) >= 11 is 0. The van der Waals surface area contributed by atoms with Gasteiger partial charge in [-0.3, -0.25) is 9.59 Å². The molecule has 5 heteroatoms. The average Bonchev–Trinajstić information content (AvgIpc) is 2.84. The fourth-order valence-corrected chi connectivity index (χ4v) is 3.58. The first-order valence-corrected chi connectivity index (χ1v) is 10.5. The molecule has 0 aromatic heterocycles. The van der Waals surface area contributed by atoms with E-state index >= 15 is 0 Å². The molecule has 0 aliphatic rings. The fourth-order valence-electron chi connectivity index (χ4n) is 3.58. The predicted molar refractivity (Wildman–Crippen MR) is 125 cm³/mol. The maximum absolute atomic E-state index is 13.4. The summed E-state index contributed by atoms with van der Waals surface area (Å²) in [4.78, 5) is 27.2. The largest absolute Gasteiger partial charge is 0.352 e. The van der Waals surface area contributed by atoms with Crippen molar-refractivity contribution in [2.24, 2.45) is 0 Å². The summed E-state index contributed by atoms with van der Waals surface area (Å²) < 4.78 is 13.4. The molecule has 32 heavy (non-hydrogen) atoms. The SMILES string of the molecule is O=C(NCCCN(C(=O)c1ccccc1)c1ccc(F)cc1)c1ccc2ccccc2c1. The number of hydrogen-bond donors (Lipinski definition) is 1. The van der Waals surface area contributed by atoms with Gasteiger partial charge in [-0.05, 0) is 65.7 Å². The molecule has 0 heterocycles. The molecule has 0 saturated carbocycles. The van der Waals surface area contributed by atoms with Crippen LogP contribution in [0, 0.1) is 5.82 Å². The van der Waals surface area contributed by atoms with E-state index in [2.05, 4.69) is 5.32 Å². The molecule has 0 radical (unpaired) electrons. The molecule has 4 nitrogen and oxygen atoms in total. The Morgan fingerprint density at radius 1 is 0.750 bits per heavy atom. The first-order valence-electron chi connectivity index (χ1n) is 10.5. The molecule has 0 spiro atoms. The maximum Gasteiger partial charge on any atom is 0.258 e. The van der Waals surface area contributed by atoms with E-state index in [1.807, 2.05) is 42.5 Å². The Morgan fingerprint density at radius 2 is 1.44 bits per heavy atom. The number of halogens is 1. The lowest BCUT2D eigenvalue weighted by molar-refractivity contribution is 0.0953. The van der Waals surface area contributed by atoms with Crippen molar-refractivity contribution in [1.82, 2.24) is 5.32 Å².